The Labute approximate surface area is 66.0 Å². The molecule has 0 atom stereocenters. The van der Waals surface area contributed by atoms with E-state index in [1.54, 1.807) is 6.26 Å². The molecule has 0 aromatic rings. The Kier molecular flexibility index (Phi) is 1.42. The lowest BCUT2D eigenvalue weighted by atomic mass is 10.1. The monoisotopic (exact) mass is 145 g/mol. The minimum Gasteiger partial charge on any atom is -0.464 e. The van der Waals surface area contributed by atoms with E-state index in [-0.39, 0.29) is 0 Å². The van der Waals surface area contributed by atoms with Gasteiger partial charge in [0.1, 0.15) is 5.76 Å². The van der Waals surface area contributed by atoms with Crippen molar-refractivity contribution in [3.8, 4) is 11.3 Å². The predicted molar refractivity (Wildman–Crippen MR) is 44.4 cm³/mol. The second-order valence-electron chi connectivity index (χ2n) is 2.47. The Balaban J connectivity index is 2.64. The van der Waals surface area contributed by atoms with Gasteiger partial charge in [0, 0.05) is 5.56 Å². The summed E-state index contributed by atoms with van der Waals surface area (Å²) >= 11 is 0. The molecule has 55 valence electrons. The van der Waals surface area contributed by atoms with Crippen LogP contribution in [0.5, 0.6) is 0 Å². The molecule has 1 heterocycles. The van der Waals surface area contributed by atoms with E-state index in [0.717, 1.165) is 5.76 Å². The molecule has 0 spiro atoms. The third-order valence-corrected chi connectivity index (χ3v) is 1.84. The van der Waals surface area contributed by atoms with Gasteiger partial charge in [-0.2, -0.15) is 0 Å². The third-order valence-electron chi connectivity index (χ3n) is 1.84. The Morgan fingerprint density at radius 1 is 1.27 bits per heavy atom. The van der Waals surface area contributed by atoms with Gasteiger partial charge >= 0.3 is 0 Å². The van der Waals surface area contributed by atoms with Crippen molar-refractivity contribution in [2.24, 2.45) is 0 Å². The summed E-state index contributed by atoms with van der Waals surface area (Å²) in [4.78, 5) is 0. The molecule has 2 aliphatic rings. The highest BCUT2D eigenvalue weighted by Crippen LogP contribution is 2.27. The highest BCUT2D eigenvalue weighted by molar-refractivity contribution is 5.67. The predicted octanol–water partition coefficient (Wildman–Crippen LogP) is 2.96. The zero-order valence-corrected chi connectivity index (χ0v) is 6.37. The second-order valence-corrected chi connectivity index (χ2v) is 2.47. The van der Waals surface area contributed by atoms with Crippen LogP contribution in [0.15, 0.2) is 34.9 Å². The van der Waals surface area contributed by atoms with E-state index in [4.69, 9.17) is 4.42 Å². The first-order chi connectivity index (χ1) is 5.42. The van der Waals surface area contributed by atoms with Crippen LogP contribution in [0.4, 0.5) is 0 Å². The van der Waals surface area contributed by atoms with Crippen LogP contribution in [0.1, 0.15) is 12.5 Å². The van der Waals surface area contributed by atoms with Gasteiger partial charge in [0.25, 0.3) is 0 Å². The van der Waals surface area contributed by atoms with Crippen LogP contribution < -0.4 is 0 Å². The summed E-state index contributed by atoms with van der Waals surface area (Å²) in [6.45, 7) is 2.03. The minimum absolute atomic E-state index is 0.959. The topological polar surface area (TPSA) is 13.1 Å². The van der Waals surface area contributed by atoms with Gasteiger partial charge in [-0.15, -0.1) is 0 Å². The highest BCUT2D eigenvalue weighted by Gasteiger charge is 2.07. The summed E-state index contributed by atoms with van der Waals surface area (Å²) in [5, 5.41) is 0. The van der Waals surface area contributed by atoms with Crippen LogP contribution in [0, 0.1) is 6.42 Å². The van der Waals surface area contributed by atoms with Crippen LogP contribution in [0.3, 0.4) is 0 Å². The maximum absolute atomic E-state index is 5.27. The smallest absolute Gasteiger partial charge is 0.134 e. The molecule has 1 heteroatoms. The van der Waals surface area contributed by atoms with E-state index in [1.807, 2.05) is 19.1 Å². The fraction of sp³-hybridized carbons (Fsp3) is 0.100. The van der Waals surface area contributed by atoms with Crippen molar-refractivity contribution in [2.45, 2.75) is 6.92 Å². The zero-order valence-electron chi connectivity index (χ0n) is 6.37. The van der Waals surface area contributed by atoms with Crippen molar-refractivity contribution in [1.29, 1.82) is 0 Å². The normalized spacial score (nSPS) is 10.6. The third kappa shape index (κ3) is 0.929. The fourth-order valence-electron chi connectivity index (χ4n) is 1.27. The summed E-state index contributed by atoms with van der Waals surface area (Å²) in [6, 6.07) is 8.03. The average molecular weight is 145 g/mol. The summed E-state index contributed by atoms with van der Waals surface area (Å²) in [6.07, 6.45) is 3.78. The molecule has 0 saturated carbocycles. The summed E-state index contributed by atoms with van der Waals surface area (Å²) in [5.74, 6) is 0.959. The van der Waals surface area contributed by atoms with Crippen molar-refractivity contribution in [3.05, 3.63) is 42.5 Å². The molecule has 2 rings (SSSR count). The molecule has 0 aromatic heterocycles. The first-order valence-electron chi connectivity index (χ1n) is 3.67. The molecule has 0 saturated heterocycles. The number of fused-ring (bicyclic) bond motifs is 1. The molecule has 0 unspecified atom stereocenters. The van der Waals surface area contributed by atoms with Crippen molar-refractivity contribution in [3.63, 3.8) is 0 Å². The van der Waals surface area contributed by atoms with Crippen LogP contribution in [-0.4, -0.2) is 0 Å². The van der Waals surface area contributed by atoms with E-state index in [0.29, 0.717) is 0 Å². The Hall–Kier alpha value is -1.24. The first-order valence-corrected chi connectivity index (χ1v) is 3.67. The lowest BCUT2D eigenvalue weighted by Crippen LogP contribution is -1.76. The van der Waals surface area contributed by atoms with Gasteiger partial charge in [0.15, 0.2) is 0 Å². The van der Waals surface area contributed by atoms with Crippen LogP contribution in [0.2, 0.25) is 0 Å². The van der Waals surface area contributed by atoms with E-state index < -0.39 is 0 Å². The molecule has 0 bridgehead atoms. The molecule has 1 aliphatic carbocycles. The van der Waals surface area contributed by atoms with Crippen LogP contribution in [-0.2, 0) is 0 Å². The number of hydrogen-bond donors (Lipinski definition) is 0. The molecular formula is C10H9O. The molecule has 0 amide bonds. The Morgan fingerprint density at radius 2 is 2.18 bits per heavy atom. The quantitative estimate of drug-likeness (QED) is 0.601. The lowest BCUT2D eigenvalue weighted by molar-refractivity contribution is 0.567. The SMILES string of the molecule is C[CH]c1ccc2occcc1-2. The van der Waals surface area contributed by atoms with Gasteiger partial charge in [-0.3, -0.25) is 0 Å². The largest absolute Gasteiger partial charge is 0.464 e. The molecule has 1 nitrogen and oxygen atoms in total. The van der Waals surface area contributed by atoms with Gasteiger partial charge in [-0.05, 0) is 30.2 Å². The summed E-state index contributed by atoms with van der Waals surface area (Å²) in [7, 11) is 0. The van der Waals surface area contributed by atoms with Crippen molar-refractivity contribution < 1.29 is 4.42 Å². The number of rotatable bonds is 1. The van der Waals surface area contributed by atoms with Gasteiger partial charge in [0.2, 0.25) is 0 Å². The molecule has 0 aromatic carbocycles. The number of hydrogen-bond acceptors (Lipinski definition) is 1. The fourth-order valence-corrected chi connectivity index (χ4v) is 1.27. The van der Waals surface area contributed by atoms with E-state index in [2.05, 4.69) is 18.6 Å². The molecule has 0 N–H and O–H groups in total. The van der Waals surface area contributed by atoms with Crippen LogP contribution in [0.25, 0.3) is 11.3 Å². The maximum Gasteiger partial charge on any atom is 0.134 e. The van der Waals surface area contributed by atoms with Gasteiger partial charge < -0.3 is 4.42 Å². The minimum atomic E-state index is 0.959. The van der Waals surface area contributed by atoms with Gasteiger partial charge in [-0.25, -0.2) is 0 Å². The Bertz CT molecular complexity index is 322. The van der Waals surface area contributed by atoms with Crippen molar-refractivity contribution in [2.75, 3.05) is 0 Å². The van der Waals surface area contributed by atoms with E-state index in [9.17, 15) is 0 Å². The van der Waals surface area contributed by atoms with Crippen LogP contribution >= 0.6 is 0 Å². The molecular weight excluding hydrogens is 136 g/mol. The zero-order chi connectivity index (χ0) is 7.68. The first kappa shape index (κ1) is 6.47. The average Bonchev–Trinajstić information content (AvgIpc) is 2.47. The highest BCUT2D eigenvalue weighted by atomic mass is 16.3. The van der Waals surface area contributed by atoms with E-state index in [1.165, 1.54) is 11.1 Å². The van der Waals surface area contributed by atoms with Gasteiger partial charge in [-0.1, -0.05) is 13.0 Å². The molecule has 1 radical (unpaired) electrons. The molecule has 0 fully saturated rings. The second kappa shape index (κ2) is 2.42. The standard InChI is InChI=1S/C10H9O/c1-2-8-5-6-10-9(8)4-3-7-11-10/h2-7H,1H3. The van der Waals surface area contributed by atoms with Crippen molar-refractivity contribution >= 4 is 0 Å². The lowest BCUT2D eigenvalue weighted by Gasteiger charge is -1.98. The van der Waals surface area contributed by atoms with E-state index >= 15 is 0 Å². The molecule has 11 heavy (non-hydrogen) atoms. The van der Waals surface area contributed by atoms with Gasteiger partial charge in [0.05, 0.1) is 6.26 Å². The van der Waals surface area contributed by atoms with Crippen molar-refractivity contribution in [1.82, 2.24) is 0 Å². The maximum atomic E-state index is 5.27. The summed E-state index contributed by atoms with van der Waals surface area (Å²) in [5.41, 5.74) is 2.43. The molecule has 1 aliphatic heterocycles. The Morgan fingerprint density at radius 3 is 3.00 bits per heavy atom. The summed E-state index contributed by atoms with van der Waals surface area (Å²) < 4.78 is 5.27.